The molecule has 6 rings (SSSR count). The van der Waals surface area contributed by atoms with Crippen molar-refractivity contribution >= 4 is 11.8 Å². The zero-order chi connectivity index (χ0) is 19.8. The van der Waals surface area contributed by atoms with Gasteiger partial charge in [-0.1, -0.05) is 24.3 Å². The average Bonchev–Trinajstić information content (AvgIpc) is 2.72. The molecule has 4 saturated carbocycles. The summed E-state index contributed by atoms with van der Waals surface area (Å²) in [6, 6.07) is 16.3. The number of carbonyl (C=O) groups is 2. The molecule has 4 aliphatic carbocycles. The summed E-state index contributed by atoms with van der Waals surface area (Å²) in [7, 11) is 0. The minimum Gasteiger partial charge on any atom is -0.457 e. The van der Waals surface area contributed by atoms with E-state index in [1.807, 2.05) is 30.3 Å². The van der Waals surface area contributed by atoms with Crippen LogP contribution < -0.4 is 4.74 Å². The standard InChI is InChI=1S/C25H26O4/c26-23(25-13-17-9-18(14-25)11-19(10-17)15-25)16-28-24(27)20-5-4-8-22(12-20)29-21-6-2-1-3-7-21/h1-8,12,17-19H,9-11,13-16H2. The average molecular weight is 390 g/mol. The fourth-order valence-corrected chi connectivity index (χ4v) is 6.13. The van der Waals surface area contributed by atoms with E-state index in [-0.39, 0.29) is 17.8 Å². The second-order valence-corrected chi connectivity index (χ2v) is 9.14. The van der Waals surface area contributed by atoms with Gasteiger partial charge in [0.15, 0.2) is 12.4 Å². The number of Topliss-reactive ketones (excluding diaryl/α,β-unsaturated/α-hetero) is 1. The number of carbonyl (C=O) groups excluding carboxylic acids is 2. The van der Waals surface area contributed by atoms with Crippen LogP contribution in [0.15, 0.2) is 54.6 Å². The van der Waals surface area contributed by atoms with Crippen molar-refractivity contribution in [3.05, 3.63) is 60.2 Å². The first-order valence-corrected chi connectivity index (χ1v) is 10.6. The van der Waals surface area contributed by atoms with E-state index in [4.69, 9.17) is 9.47 Å². The summed E-state index contributed by atoms with van der Waals surface area (Å²) >= 11 is 0. The lowest BCUT2D eigenvalue weighted by molar-refractivity contribution is -0.147. The zero-order valence-electron chi connectivity index (χ0n) is 16.5. The summed E-state index contributed by atoms with van der Waals surface area (Å²) in [5.41, 5.74) is 0.171. The number of benzene rings is 2. The summed E-state index contributed by atoms with van der Waals surface area (Å²) in [5, 5.41) is 0. The zero-order valence-corrected chi connectivity index (χ0v) is 16.5. The Hall–Kier alpha value is -2.62. The molecule has 4 fully saturated rings. The first-order valence-electron chi connectivity index (χ1n) is 10.6. The largest absolute Gasteiger partial charge is 0.457 e. The number of para-hydroxylation sites is 1. The SMILES string of the molecule is O=C(OCC(=O)C12CC3CC(CC(C3)C1)C2)c1cccc(Oc2ccccc2)c1. The number of esters is 1. The van der Waals surface area contributed by atoms with Crippen molar-refractivity contribution < 1.29 is 19.1 Å². The first-order chi connectivity index (χ1) is 14.1. The van der Waals surface area contributed by atoms with Crippen LogP contribution in [-0.2, 0) is 9.53 Å². The van der Waals surface area contributed by atoms with E-state index in [0.29, 0.717) is 34.8 Å². The maximum atomic E-state index is 13.0. The van der Waals surface area contributed by atoms with Crippen molar-refractivity contribution in [2.45, 2.75) is 38.5 Å². The molecule has 0 N–H and O–H groups in total. The highest BCUT2D eigenvalue weighted by Crippen LogP contribution is 2.60. The Kier molecular flexibility index (Phi) is 4.65. The summed E-state index contributed by atoms with van der Waals surface area (Å²) in [5.74, 6) is 3.03. The molecule has 4 bridgehead atoms. The Labute approximate surface area is 171 Å². The van der Waals surface area contributed by atoms with Crippen molar-refractivity contribution in [1.82, 2.24) is 0 Å². The van der Waals surface area contributed by atoms with Gasteiger partial charge < -0.3 is 9.47 Å². The van der Waals surface area contributed by atoms with E-state index in [2.05, 4.69) is 0 Å². The van der Waals surface area contributed by atoms with Gasteiger partial charge in [0.05, 0.1) is 5.56 Å². The maximum absolute atomic E-state index is 13.0. The minimum atomic E-state index is -0.471. The summed E-state index contributed by atoms with van der Waals surface area (Å²) < 4.78 is 11.2. The highest BCUT2D eigenvalue weighted by Gasteiger charge is 2.54. The molecule has 0 heterocycles. The molecule has 150 valence electrons. The smallest absolute Gasteiger partial charge is 0.338 e. The van der Waals surface area contributed by atoms with Gasteiger partial charge in [0.25, 0.3) is 0 Å². The van der Waals surface area contributed by atoms with Crippen molar-refractivity contribution in [2.24, 2.45) is 23.2 Å². The highest BCUT2D eigenvalue weighted by molar-refractivity contribution is 5.93. The lowest BCUT2D eigenvalue weighted by Crippen LogP contribution is -2.51. The quantitative estimate of drug-likeness (QED) is 0.618. The number of hydrogen-bond acceptors (Lipinski definition) is 4. The second kappa shape index (κ2) is 7.33. The Morgan fingerprint density at radius 2 is 1.45 bits per heavy atom. The fraction of sp³-hybridized carbons (Fsp3) is 0.440. The van der Waals surface area contributed by atoms with Crippen LogP contribution in [0.1, 0.15) is 48.9 Å². The van der Waals surface area contributed by atoms with E-state index in [9.17, 15) is 9.59 Å². The molecule has 0 aliphatic heterocycles. The molecule has 0 aromatic heterocycles. The van der Waals surface area contributed by atoms with Crippen LogP contribution in [0.3, 0.4) is 0 Å². The van der Waals surface area contributed by atoms with E-state index < -0.39 is 5.97 Å². The van der Waals surface area contributed by atoms with Crippen LogP contribution in [-0.4, -0.2) is 18.4 Å². The molecular formula is C25H26O4. The van der Waals surface area contributed by atoms with Gasteiger partial charge in [-0.05, 0) is 86.6 Å². The van der Waals surface area contributed by atoms with Crippen LogP contribution in [0, 0.1) is 23.2 Å². The minimum absolute atomic E-state index is 0.116. The Morgan fingerprint density at radius 3 is 2.10 bits per heavy atom. The molecule has 2 aromatic carbocycles. The third-order valence-corrected chi connectivity index (χ3v) is 7.01. The molecule has 0 amide bonds. The van der Waals surface area contributed by atoms with E-state index >= 15 is 0 Å². The van der Waals surface area contributed by atoms with Gasteiger partial charge in [-0.3, -0.25) is 4.79 Å². The van der Waals surface area contributed by atoms with Gasteiger partial charge in [-0.15, -0.1) is 0 Å². The maximum Gasteiger partial charge on any atom is 0.338 e. The van der Waals surface area contributed by atoms with Gasteiger partial charge >= 0.3 is 5.97 Å². The van der Waals surface area contributed by atoms with Crippen LogP contribution in [0.4, 0.5) is 0 Å². The van der Waals surface area contributed by atoms with Crippen LogP contribution in [0.5, 0.6) is 11.5 Å². The monoisotopic (exact) mass is 390 g/mol. The lowest BCUT2D eigenvalue weighted by Gasteiger charge is -2.55. The lowest BCUT2D eigenvalue weighted by atomic mass is 9.48. The van der Waals surface area contributed by atoms with Crippen molar-refractivity contribution in [3.63, 3.8) is 0 Å². The van der Waals surface area contributed by atoms with Crippen molar-refractivity contribution in [3.8, 4) is 11.5 Å². The van der Waals surface area contributed by atoms with Gasteiger partial charge in [-0.2, -0.15) is 0 Å². The van der Waals surface area contributed by atoms with Gasteiger partial charge in [0.2, 0.25) is 0 Å². The number of ether oxygens (including phenoxy) is 2. The molecule has 0 saturated heterocycles. The first kappa shape index (κ1) is 18.4. The van der Waals surface area contributed by atoms with Crippen molar-refractivity contribution in [2.75, 3.05) is 6.61 Å². The molecule has 0 spiro atoms. The predicted octanol–water partition coefficient (Wildman–Crippen LogP) is 5.42. The van der Waals surface area contributed by atoms with Crippen LogP contribution in [0.2, 0.25) is 0 Å². The molecule has 4 nitrogen and oxygen atoms in total. The van der Waals surface area contributed by atoms with Gasteiger partial charge in [0, 0.05) is 5.41 Å². The predicted molar refractivity (Wildman–Crippen MR) is 109 cm³/mol. The molecule has 4 heteroatoms. The van der Waals surface area contributed by atoms with Crippen LogP contribution >= 0.6 is 0 Å². The number of ketones is 1. The number of hydrogen-bond donors (Lipinski definition) is 0. The topological polar surface area (TPSA) is 52.6 Å². The van der Waals surface area contributed by atoms with Crippen molar-refractivity contribution in [1.29, 1.82) is 0 Å². The van der Waals surface area contributed by atoms with Gasteiger partial charge in [0.1, 0.15) is 11.5 Å². The Balaban J connectivity index is 1.22. The summed E-state index contributed by atoms with van der Waals surface area (Å²) in [6.07, 6.45) is 6.86. The molecule has 2 aromatic rings. The third kappa shape index (κ3) is 3.68. The van der Waals surface area contributed by atoms with Gasteiger partial charge in [-0.25, -0.2) is 4.79 Å². The molecule has 4 aliphatic rings. The molecule has 0 unspecified atom stereocenters. The fourth-order valence-electron chi connectivity index (χ4n) is 6.13. The summed E-state index contributed by atoms with van der Waals surface area (Å²) in [4.78, 5) is 25.6. The van der Waals surface area contributed by atoms with E-state index in [1.54, 1.807) is 24.3 Å². The third-order valence-electron chi connectivity index (χ3n) is 7.01. The Morgan fingerprint density at radius 1 is 0.828 bits per heavy atom. The normalized spacial score (nSPS) is 29.4. The highest BCUT2D eigenvalue weighted by atomic mass is 16.5. The van der Waals surface area contributed by atoms with Crippen LogP contribution in [0.25, 0.3) is 0 Å². The van der Waals surface area contributed by atoms with E-state index in [0.717, 1.165) is 19.3 Å². The summed E-state index contributed by atoms with van der Waals surface area (Å²) in [6.45, 7) is -0.116. The Bertz CT molecular complexity index is 882. The molecule has 0 radical (unpaired) electrons. The molecular weight excluding hydrogens is 364 g/mol. The second-order valence-electron chi connectivity index (χ2n) is 9.14. The molecule has 29 heavy (non-hydrogen) atoms. The number of rotatable bonds is 6. The molecule has 0 atom stereocenters. The van der Waals surface area contributed by atoms with E-state index in [1.165, 1.54) is 19.3 Å².